The fourth-order valence-electron chi connectivity index (χ4n) is 1.69. The van der Waals surface area contributed by atoms with Crippen LogP contribution in [0.3, 0.4) is 0 Å². The van der Waals surface area contributed by atoms with Gasteiger partial charge in [0, 0.05) is 10.2 Å². The quantitative estimate of drug-likeness (QED) is 0.692. The summed E-state index contributed by atoms with van der Waals surface area (Å²) in [5.74, 6) is 0.595. The number of nitrogen functional groups attached to an aromatic ring is 1. The van der Waals surface area contributed by atoms with Crippen molar-refractivity contribution >= 4 is 32.7 Å². The molecule has 17 heavy (non-hydrogen) atoms. The average molecular weight is 289 g/mol. The molecule has 3 nitrogen and oxygen atoms in total. The number of benzene rings is 2. The van der Waals surface area contributed by atoms with E-state index >= 15 is 0 Å². The number of anilines is 1. The third-order valence-electron chi connectivity index (χ3n) is 2.52. The summed E-state index contributed by atoms with van der Waals surface area (Å²) >= 11 is 3.46. The molecule has 0 atom stereocenters. The van der Waals surface area contributed by atoms with E-state index in [1.54, 1.807) is 0 Å². The first-order valence-electron chi connectivity index (χ1n) is 5.15. The van der Waals surface area contributed by atoms with Crippen LogP contribution >= 0.6 is 15.9 Å². The second kappa shape index (κ2) is 3.89. The van der Waals surface area contributed by atoms with Crippen molar-refractivity contribution < 1.29 is 4.42 Å². The Morgan fingerprint density at radius 2 is 1.94 bits per heavy atom. The standard InChI is InChI=1S/C13H9BrN2O/c14-10-7-8(15)5-6-9(10)13-16-11-3-1-2-4-12(11)17-13/h1-7H,15H2. The van der Waals surface area contributed by atoms with E-state index in [0.29, 0.717) is 11.6 Å². The largest absolute Gasteiger partial charge is 0.436 e. The van der Waals surface area contributed by atoms with Crippen molar-refractivity contribution in [2.45, 2.75) is 0 Å². The van der Waals surface area contributed by atoms with Crippen LogP contribution in [0.2, 0.25) is 0 Å². The first kappa shape index (κ1) is 10.4. The van der Waals surface area contributed by atoms with Gasteiger partial charge < -0.3 is 10.2 Å². The molecule has 0 bridgehead atoms. The van der Waals surface area contributed by atoms with Gasteiger partial charge in [0.05, 0.1) is 5.56 Å². The Morgan fingerprint density at radius 3 is 2.71 bits per heavy atom. The molecule has 3 rings (SSSR count). The molecule has 1 heterocycles. The number of aromatic nitrogens is 1. The number of fused-ring (bicyclic) bond motifs is 1. The van der Waals surface area contributed by atoms with Crippen molar-refractivity contribution in [1.82, 2.24) is 4.98 Å². The third-order valence-corrected chi connectivity index (χ3v) is 3.17. The molecule has 3 aromatic rings. The summed E-state index contributed by atoms with van der Waals surface area (Å²) in [7, 11) is 0. The van der Waals surface area contributed by atoms with Gasteiger partial charge in [-0.25, -0.2) is 4.98 Å². The van der Waals surface area contributed by atoms with Crippen LogP contribution in [0.1, 0.15) is 0 Å². The monoisotopic (exact) mass is 288 g/mol. The topological polar surface area (TPSA) is 52.0 Å². The SMILES string of the molecule is Nc1ccc(-c2nc3ccccc3o2)c(Br)c1. The lowest BCUT2D eigenvalue weighted by Gasteiger charge is -2.00. The Hall–Kier alpha value is -1.81. The fraction of sp³-hybridized carbons (Fsp3) is 0. The normalized spacial score (nSPS) is 10.9. The van der Waals surface area contributed by atoms with Gasteiger partial charge in [-0.15, -0.1) is 0 Å². The van der Waals surface area contributed by atoms with Gasteiger partial charge in [0.15, 0.2) is 5.58 Å². The predicted molar refractivity (Wildman–Crippen MR) is 71.6 cm³/mol. The van der Waals surface area contributed by atoms with E-state index in [1.165, 1.54) is 0 Å². The van der Waals surface area contributed by atoms with E-state index in [2.05, 4.69) is 20.9 Å². The molecule has 0 fully saturated rings. The Balaban J connectivity index is 2.20. The van der Waals surface area contributed by atoms with Crippen LogP contribution in [0.15, 0.2) is 51.4 Å². The summed E-state index contributed by atoms with van der Waals surface area (Å²) in [4.78, 5) is 4.44. The van der Waals surface area contributed by atoms with Crippen LogP contribution in [0.4, 0.5) is 5.69 Å². The Morgan fingerprint density at radius 1 is 1.12 bits per heavy atom. The fourth-order valence-corrected chi connectivity index (χ4v) is 2.26. The predicted octanol–water partition coefficient (Wildman–Crippen LogP) is 3.84. The zero-order chi connectivity index (χ0) is 11.8. The van der Waals surface area contributed by atoms with Gasteiger partial charge in [-0.1, -0.05) is 12.1 Å². The van der Waals surface area contributed by atoms with Gasteiger partial charge in [0.2, 0.25) is 5.89 Å². The summed E-state index contributed by atoms with van der Waals surface area (Å²) in [6.07, 6.45) is 0. The average Bonchev–Trinajstić information content (AvgIpc) is 2.72. The number of oxazole rings is 1. The Labute approximate surface area is 106 Å². The number of halogens is 1. The zero-order valence-electron chi connectivity index (χ0n) is 8.85. The van der Waals surface area contributed by atoms with E-state index in [4.69, 9.17) is 10.2 Å². The molecule has 0 unspecified atom stereocenters. The molecule has 2 aromatic carbocycles. The van der Waals surface area contributed by atoms with Crippen LogP contribution < -0.4 is 5.73 Å². The maximum absolute atomic E-state index is 5.70. The smallest absolute Gasteiger partial charge is 0.228 e. The highest BCUT2D eigenvalue weighted by molar-refractivity contribution is 9.10. The Bertz CT molecular complexity index is 658. The van der Waals surface area contributed by atoms with E-state index in [1.807, 2.05) is 42.5 Å². The first-order valence-corrected chi connectivity index (χ1v) is 5.94. The number of para-hydroxylation sites is 2. The molecule has 0 saturated heterocycles. The maximum atomic E-state index is 5.70. The molecule has 0 radical (unpaired) electrons. The minimum Gasteiger partial charge on any atom is -0.436 e. The van der Waals surface area contributed by atoms with Crippen LogP contribution in [0, 0.1) is 0 Å². The van der Waals surface area contributed by atoms with Gasteiger partial charge in [0.25, 0.3) is 0 Å². The van der Waals surface area contributed by atoms with Crippen LogP contribution in [-0.4, -0.2) is 4.98 Å². The second-order valence-electron chi connectivity index (χ2n) is 3.73. The molecule has 84 valence electrons. The lowest BCUT2D eigenvalue weighted by atomic mass is 10.2. The highest BCUT2D eigenvalue weighted by Crippen LogP contribution is 2.31. The number of rotatable bonds is 1. The minimum absolute atomic E-state index is 0.595. The van der Waals surface area contributed by atoms with Gasteiger partial charge >= 0.3 is 0 Å². The van der Waals surface area contributed by atoms with E-state index in [0.717, 1.165) is 21.1 Å². The summed E-state index contributed by atoms with van der Waals surface area (Å²) in [6.45, 7) is 0. The molecular formula is C13H9BrN2O. The van der Waals surface area contributed by atoms with Crippen molar-refractivity contribution in [3.63, 3.8) is 0 Å². The summed E-state index contributed by atoms with van der Waals surface area (Å²) in [6, 6.07) is 13.2. The molecule has 1 aromatic heterocycles. The highest BCUT2D eigenvalue weighted by Gasteiger charge is 2.10. The molecule has 0 spiro atoms. The van der Waals surface area contributed by atoms with Crippen LogP contribution in [-0.2, 0) is 0 Å². The van der Waals surface area contributed by atoms with E-state index in [-0.39, 0.29) is 0 Å². The van der Waals surface area contributed by atoms with Gasteiger partial charge in [-0.2, -0.15) is 0 Å². The first-order chi connectivity index (χ1) is 8.24. The van der Waals surface area contributed by atoms with Gasteiger partial charge in [0.1, 0.15) is 5.52 Å². The van der Waals surface area contributed by atoms with E-state index < -0.39 is 0 Å². The Kier molecular flexibility index (Phi) is 2.37. The van der Waals surface area contributed by atoms with Crippen molar-refractivity contribution in [1.29, 1.82) is 0 Å². The summed E-state index contributed by atoms with van der Waals surface area (Å²) in [5, 5.41) is 0. The van der Waals surface area contributed by atoms with Crippen molar-refractivity contribution in [3.05, 3.63) is 46.9 Å². The van der Waals surface area contributed by atoms with Crippen LogP contribution in [0.25, 0.3) is 22.6 Å². The lowest BCUT2D eigenvalue weighted by Crippen LogP contribution is -1.86. The molecule has 0 aliphatic rings. The number of nitrogens with two attached hydrogens (primary N) is 1. The minimum atomic E-state index is 0.595. The molecule has 0 aliphatic carbocycles. The lowest BCUT2D eigenvalue weighted by molar-refractivity contribution is 0.619. The molecule has 0 saturated carbocycles. The number of nitrogens with zero attached hydrogens (tertiary/aromatic N) is 1. The molecule has 4 heteroatoms. The molecule has 0 amide bonds. The zero-order valence-corrected chi connectivity index (χ0v) is 10.4. The van der Waals surface area contributed by atoms with Gasteiger partial charge in [-0.05, 0) is 46.3 Å². The molecule has 2 N–H and O–H groups in total. The summed E-state index contributed by atoms with van der Waals surface area (Å²) in [5.41, 5.74) is 8.94. The van der Waals surface area contributed by atoms with Gasteiger partial charge in [-0.3, -0.25) is 0 Å². The number of hydrogen-bond donors (Lipinski definition) is 1. The van der Waals surface area contributed by atoms with Crippen molar-refractivity contribution in [3.8, 4) is 11.5 Å². The molecule has 0 aliphatic heterocycles. The highest BCUT2D eigenvalue weighted by atomic mass is 79.9. The van der Waals surface area contributed by atoms with E-state index in [9.17, 15) is 0 Å². The number of hydrogen-bond acceptors (Lipinski definition) is 3. The maximum Gasteiger partial charge on any atom is 0.228 e. The summed E-state index contributed by atoms with van der Waals surface area (Å²) < 4.78 is 6.57. The van der Waals surface area contributed by atoms with Crippen LogP contribution in [0.5, 0.6) is 0 Å². The second-order valence-corrected chi connectivity index (χ2v) is 4.58. The molecular weight excluding hydrogens is 280 g/mol. The van der Waals surface area contributed by atoms with Crippen molar-refractivity contribution in [2.24, 2.45) is 0 Å². The van der Waals surface area contributed by atoms with Crippen molar-refractivity contribution in [2.75, 3.05) is 5.73 Å². The third kappa shape index (κ3) is 1.80.